The van der Waals surface area contributed by atoms with Gasteiger partial charge in [0.25, 0.3) is 6.16 Å². The Morgan fingerprint density at radius 3 is 1.86 bits per heavy atom. The van der Waals surface area contributed by atoms with Crippen LogP contribution in [0.3, 0.4) is 0 Å². The van der Waals surface area contributed by atoms with E-state index in [0.29, 0.717) is 0 Å². The molecule has 0 atom stereocenters. The molecule has 0 bridgehead atoms. The Bertz CT molecular complexity index is 43.3. The van der Waals surface area contributed by atoms with E-state index in [1.54, 1.807) is 0 Å². The molecule has 0 radical (unpaired) electrons. The van der Waals surface area contributed by atoms with Crippen LogP contribution in [0, 0.1) is 0 Å². The molecule has 0 saturated heterocycles. The fraction of sp³-hybridized carbons (Fsp3) is 0. The van der Waals surface area contributed by atoms with Crippen LogP contribution in [-0.2, 0) is 4.89 Å². The van der Waals surface area contributed by atoms with Crippen molar-refractivity contribution in [1.29, 1.82) is 0 Å². The number of rotatable bonds is 0. The van der Waals surface area contributed by atoms with Gasteiger partial charge in [0, 0.05) is 0 Å². The van der Waals surface area contributed by atoms with Crippen LogP contribution in [0.15, 0.2) is 0 Å². The predicted molar refractivity (Wildman–Crippen MR) is 12.7 cm³/mol. The summed E-state index contributed by atoms with van der Waals surface area (Å²) in [6.45, 7) is 0. The van der Waals surface area contributed by atoms with Gasteiger partial charge in [0.05, 0.1) is 0 Å². The minimum atomic E-state index is -1.94. The first-order valence-corrected chi connectivity index (χ1v) is 0.795. The van der Waals surface area contributed by atoms with Crippen molar-refractivity contribution >= 4 is 6.16 Å². The maximum absolute atomic E-state index is 8.78. The fourth-order valence-electron chi connectivity index (χ4n) is 0. The third-order valence-corrected chi connectivity index (χ3v) is 0.0745. The zero-order valence-corrected chi connectivity index (χ0v) is 5.67. The molecular weight excluding hydrogens is 115 g/mol. The summed E-state index contributed by atoms with van der Waals surface area (Å²) in [6, 6.07) is 0. The van der Waals surface area contributed by atoms with Crippen LogP contribution in [0.4, 0.5) is 4.79 Å². The standard InChI is InChI=1S/CH2O4.Na.H2O/c2-1(3)5-4;;/h4H,(H,2,3);;1H2/q;+1;/p-1. The third-order valence-electron chi connectivity index (χ3n) is 0.0745. The monoisotopic (exact) mass is 118 g/mol. The van der Waals surface area contributed by atoms with Gasteiger partial charge >= 0.3 is 29.6 Å². The van der Waals surface area contributed by atoms with E-state index in [1.165, 1.54) is 0 Å². The molecule has 0 unspecified atom stereocenters. The van der Waals surface area contributed by atoms with Gasteiger partial charge in [-0.25, -0.2) is 0 Å². The molecular formula is CH3NaO5. The average Bonchev–Trinajstić information content (AvgIpc) is 1.38. The molecule has 0 rings (SSSR count). The van der Waals surface area contributed by atoms with Gasteiger partial charge in [-0.05, 0) is 0 Å². The van der Waals surface area contributed by atoms with Crippen LogP contribution in [0.1, 0.15) is 0 Å². The van der Waals surface area contributed by atoms with E-state index in [0.717, 1.165) is 0 Å². The Morgan fingerprint density at radius 2 is 1.86 bits per heavy atom. The second-order valence-corrected chi connectivity index (χ2v) is 0.341. The van der Waals surface area contributed by atoms with Gasteiger partial charge in [0.1, 0.15) is 0 Å². The molecule has 6 heteroatoms. The average molecular weight is 118 g/mol. The first-order chi connectivity index (χ1) is 2.27. The van der Waals surface area contributed by atoms with Gasteiger partial charge in [-0.2, -0.15) is 0 Å². The van der Waals surface area contributed by atoms with Crippen LogP contribution < -0.4 is 34.7 Å². The van der Waals surface area contributed by atoms with Crippen molar-refractivity contribution in [2.45, 2.75) is 0 Å². The maximum atomic E-state index is 8.78. The minimum Gasteiger partial charge on any atom is -0.424 e. The smallest absolute Gasteiger partial charge is 0.424 e. The van der Waals surface area contributed by atoms with Crippen molar-refractivity contribution in [1.82, 2.24) is 0 Å². The van der Waals surface area contributed by atoms with Crippen molar-refractivity contribution in [3.05, 3.63) is 0 Å². The first kappa shape index (κ1) is 15.7. The molecule has 0 fully saturated rings. The Kier molecular flexibility index (Phi) is 21.3. The van der Waals surface area contributed by atoms with Crippen molar-refractivity contribution in [2.24, 2.45) is 0 Å². The summed E-state index contributed by atoms with van der Waals surface area (Å²) in [6.07, 6.45) is -1.94. The van der Waals surface area contributed by atoms with Crippen LogP contribution >= 0.6 is 0 Å². The van der Waals surface area contributed by atoms with Crippen LogP contribution in [0.25, 0.3) is 0 Å². The Morgan fingerprint density at radius 1 is 1.71 bits per heavy atom. The Labute approximate surface area is 61.4 Å². The Hall–Kier alpha value is 0.190. The summed E-state index contributed by atoms with van der Waals surface area (Å²) >= 11 is 0. The SMILES string of the molecule is O.O=C([O-])OO.[Na+]. The largest absolute Gasteiger partial charge is 1.00 e. The normalized spacial score (nSPS) is 4.71. The topological polar surface area (TPSA) is 101 Å². The van der Waals surface area contributed by atoms with Gasteiger partial charge in [-0.3, -0.25) is 5.26 Å². The van der Waals surface area contributed by atoms with Gasteiger partial charge in [-0.1, -0.05) is 0 Å². The predicted octanol–water partition coefficient (Wildman–Crippen LogP) is -5.00. The molecule has 0 heterocycles. The van der Waals surface area contributed by atoms with Gasteiger partial charge in [0.2, 0.25) is 0 Å². The molecule has 0 aromatic rings. The van der Waals surface area contributed by atoms with Crippen LogP contribution in [-0.4, -0.2) is 16.9 Å². The second kappa shape index (κ2) is 9.50. The number of carbonyl (C=O) groups excluding carboxylic acids is 1. The summed E-state index contributed by atoms with van der Waals surface area (Å²) < 4.78 is 0. The molecule has 0 aliphatic carbocycles. The van der Waals surface area contributed by atoms with Gasteiger partial charge in [0.15, 0.2) is 0 Å². The number of hydrogen-bond acceptors (Lipinski definition) is 4. The number of carbonyl (C=O) groups is 1. The van der Waals surface area contributed by atoms with Crippen LogP contribution in [0.5, 0.6) is 0 Å². The quantitative estimate of drug-likeness (QED) is 0.195. The maximum Gasteiger partial charge on any atom is 1.00 e. The molecule has 3 N–H and O–H groups in total. The molecule has 7 heavy (non-hydrogen) atoms. The van der Waals surface area contributed by atoms with E-state index in [1.807, 2.05) is 0 Å². The van der Waals surface area contributed by atoms with Crippen molar-refractivity contribution in [3.63, 3.8) is 0 Å². The Balaban J connectivity index is -0.0000000800. The first-order valence-electron chi connectivity index (χ1n) is 0.795. The molecule has 0 aliphatic heterocycles. The summed E-state index contributed by atoms with van der Waals surface area (Å²) in [5.41, 5.74) is 0. The summed E-state index contributed by atoms with van der Waals surface area (Å²) in [4.78, 5) is 11.3. The van der Waals surface area contributed by atoms with Crippen molar-refractivity contribution in [2.75, 3.05) is 0 Å². The van der Waals surface area contributed by atoms with Crippen molar-refractivity contribution in [3.8, 4) is 0 Å². The van der Waals surface area contributed by atoms with Gasteiger partial charge in [-0.15, -0.1) is 0 Å². The second-order valence-electron chi connectivity index (χ2n) is 0.341. The van der Waals surface area contributed by atoms with Crippen LogP contribution in [0.2, 0.25) is 0 Å². The summed E-state index contributed by atoms with van der Waals surface area (Å²) in [5.74, 6) is 0. The zero-order chi connectivity index (χ0) is 4.28. The fourth-order valence-corrected chi connectivity index (χ4v) is 0. The van der Waals surface area contributed by atoms with E-state index >= 15 is 0 Å². The van der Waals surface area contributed by atoms with E-state index in [4.69, 9.17) is 15.2 Å². The van der Waals surface area contributed by atoms with E-state index in [-0.39, 0.29) is 35.0 Å². The summed E-state index contributed by atoms with van der Waals surface area (Å²) in [7, 11) is 0. The number of carboxylic acid groups (broad SMARTS) is 1. The van der Waals surface area contributed by atoms with Crippen molar-refractivity contribution < 1.29 is 55.1 Å². The molecule has 0 aliphatic rings. The minimum absolute atomic E-state index is 0. The summed E-state index contributed by atoms with van der Waals surface area (Å²) in [5, 5.41) is 15.8. The molecule has 0 spiro atoms. The van der Waals surface area contributed by atoms with E-state index < -0.39 is 6.16 Å². The molecule has 0 saturated carbocycles. The molecule has 0 aromatic heterocycles. The third kappa shape index (κ3) is 22.7. The molecule has 38 valence electrons. The zero-order valence-electron chi connectivity index (χ0n) is 3.67. The molecule has 0 amide bonds. The van der Waals surface area contributed by atoms with E-state index in [9.17, 15) is 0 Å². The molecule has 0 aromatic carbocycles. The van der Waals surface area contributed by atoms with E-state index in [2.05, 4.69) is 4.89 Å². The molecule has 5 nitrogen and oxygen atoms in total. The number of hydrogen-bond donors (Lipinski definition) is 1. The van der Waals surface area contributed by atoms with Gasteiger partial charge < -0.3 is 20.3 Å².